The van der Waals surface area contributed by atoms with Gasteiger partial charge in [-0.2, -0.15) is 0 Å². The summed E-state index contributed by atoms with van der Waals surface area (Å²) in [5, 5.41) is 9.87. The van der Waals surface area contributed by atoms with Crippen molar-refractivity contribution < 1.29 is 19.0 Å². The Morgan fingerprint density at radius 2 is 1.58 bits per heavy atom. The van der Waals surface area contributed by atoms with Crippen molar-refractivity contribution in [3.05, 3.63) is 75.3 Å². The van der Waals surface area contributed by atoms with Crippen molar-refractivity contribution in [3.63, 3.8) is 0 Å². The normalized spacial score (nSPS) is 10.8. The lowest BCUT2D eigenvalue weighted by Gasteiger charge is -2.10. The predicted molar refractivity (Wildman–Crippen MR) is 121 cm³/mol. The van der Waals surface area contributed by atoms with Crippen LogP contribution < -0.4 is 24.7 Å². The van der Waals surface area contributed by atoms with Gasteiger partial charge in [0.1, 0.15) is 17.1 Å². The minimum atomic E-state index is -0.738. The van der Waals surface area contributed by atoms with Gasteiger partial charge < -0.3 is 19.9 Å². The molecule has 0 aliphatic carbocycles. The van der Waals surface area contributed by atoms with Crippen molar-refractivity contribution in [2.75, 3.05) is 14.2 Å². The summed E-state index contributed by atoms with van der Waals surface area (Å²) in [6, 6.07) is 15.3. The lowest BCUT2D eigenvalue weighted by molar-refractivity contribution is 0.0734. The van der Waals surface area contributed by atoms with E-state index < -0.39 is 10.7 Å². The number of benzene rings is 3. The monoisotopic (exact) mass is 434 g/mol. The van der Waals surface area contributed by atoms with Crippen LogP contribution in [-0.4, -0.2) is 26.0 Å². The van der Waals surface area contributed by atoms with Crippen LogP contribution in [0.1, 0.15) is 15.9 Å². The van der Waals surface area contributed by atoms with Crippen molar-refractivity contribution in [2.45, 2.75) is 0 Å². The maximum atomic E-state index is 12.7. The molecule has 0 aliphatic rings. The van der Waals surface area contributed by atoms with Crippen LogP contribution in [0.15, 0.2) is 59.4 Å². The molecule has 0 fully saturated rings. The number of hydrogen-bond donors (Lipinski definition) is 2. The summed E-state index contributed by atoms with van der Waals surface area (Å²) in [5.41, 5.74) is 6.07. The Hall–Kier alpha value is -3.91. The summed E-state index contributed by atoms with van der Waals surface area (Å²) in [7, 11) is 3.03. The van der Waals surface area contributed by atoms with Gasteiger partial charge in [-0.15, -0.1) is 0 Å². The zero-order valence-corrected chi connectivity index (χ0v) is 17.5. The highest BCUT2D eigenvalue weighted by atomic mass is 32.1. The van der Waals surface area contributed by atoms with Gasteiger partial charge in [0.15, 0.2) is 11.5 Å². The Bertz CT molecular complexity index is 1410. The number of ether oxygens (including phenoxy) is 3. The van der Waals surface area contributed by atoms with Gasteiger partial charge >= 0.3 is 5.97 Å². The first-order chi connectivity index (χ1) is 14.9. The fourth-order valence-electron chi connectivity index (χ4n) is 3.21. The molecule has 0 amide bonds. The molecule has 7 nitrogen and oxygen atoms in total. The Morgan fingerprint density at radius 3 is 2.29 bits per heavy atom. The second kappa shape index (κ2) is 8.08. The molecule has 31 heavy (non-hydrogen) atoms. The van der Waals surface area contributed by atoms with E-state index in [9.17, 15) is 9.59 Å². The number of esters is 1. The maximum absolute atomic E-state index is 12.7. The van der Waals surface area contributed by atoms with Crippen LogP contribution in [0.25, 0.3) is 20.9 Å². The molecule has 0 saturated heterocycles. The van der Waals surface area contributed by atoms with E-state index in [0.717, 1.165) is 22.1 Å². The van der Waals surface area contributed by atoms with Gasteiger partial charge in [-0.3, -0.25) is 10.2 Å². The number of amidine groups is 1. The Kier molecular flexibility index (Phi) is 5.31. The highest BCUT2D eigenvalue weighted by molar-refractivity contribution is 7.16. The first-order valence-corrected chi connectivity index (χ1v) is 10.0. The molecule has 156 valence electrons. The zero-order chi connectivity index (χ0) is 22.1. The molecule has 0 bridgehead atoms. The van der Waals surface area contributed by atoms with Crippen LogP contribution in [0, 0.1) is 5.41 Å². The standard InChI is InChI=1S/C23H18N2O5S/c1-28-18-10-15-9-17(23(27)31-20(15)11-19(18)29-2)22(26)30-16-6-5-12-7-14(21(24)25)4-3-13(12)8-16/h3-11H,1-2H3,(H3,24,25). The summed E-state index contributed by atoms with van der Waals surface area (Å²) in [4.78, 5) is 25.3. The molecule has 0 aliphatic heterocycles. The maximum Gasteiger partial charge on any atom is 0.348 e. The van der Waals surface area contributed by atoms with E-state index in [1.54, 1.807) is 48.5 Å². The minimum absolute atomic E-state index is 0.0211. The third-order valence-corrected chi connectivity index (χ3v) is 5.77. The number of fused-ring (bicyclic) bond motifs is 2. The van der Waals surface area contributed by atoms with Gasteiger partial charge in [-0.25, -0.2) is 4.79 Å². The molecule has 3 aromatic carbocycles. The molecule has 4 aromatic rings. The molecule has 8 heteroatoms. The number of methoxy groups -OCH3 is 2. The van der Waals surface area contributed by atoms with Crippen LogP contribution in [0.5, 0.6) is 17.2 Å². The lowest BCUT2D eigenvalue weighted by Crippen LogP contribution is -2.17. The van der Waals surface area contributed by atoms with Crippen LogP contribution in [0.3, 0.4) is 0 Å². The van der Waals surface area contributed by atoms with Gasteiger partial charge in [0.2, 0.25) is 4.74 Å². The van der Waals surface area contributed by atoms with Crippen LogP contribution in [0.2, 0.25) is 0 Å². The van der Waals surface area contributed by atoms with Gasteiger partial charge in [0.05, 0.1) is 14.2 Å². The van der Waals surface area contributed by atoms with E-state index in [0.29, 0.717) is 32.9 Å². The SMILES string of the molecule is COc1cc2cc(C(=O)Oc3ccc4cc(C(=N)N)ccc4c3)c(=O)sc2cc1OC. The van der Waals surface area contributed by atoms with Crippen LogP contribution in [0.4, 0.5) is 0 Å². The number of nitrogen functional groups attached to an aromatic ring is 1. The number of rotatable bonds is 5. The molecule has 1 heterocycles. The Balaban J connectivity index is 1.67. The number of nitrogens with two attached hydrogens (primary N) is 1. The highest BCUT2D eigenvalue weighted by Gasteiger charge is 2.17. The third-order valence-electron chi connectivity index (χ3n) is 4.79. The van der Waals surface area contributed by atoms with Gasteiger partial charge in [-0.05, 0) is 46.5 Å². The third kappa shape index (κ3) is 3.93. The average molecular weight is 434 g/mol. The van der Waals surface area contributed by atoms with Crippen molar-refractivity contribution in [1.29, 1.82) is 5.41 Å². The van der Waals surface area contributed by atoms with Gasteiger partial charge in [0.25, 0.3) is 0 Å². The fourth-order valence-corrected chi connectivity index (χ4v) is 4.06. The molecular formula is C23H18N2O5S. The summed E-state index contributed by atoms with van der Waals surface area (Å²) < 4.78 is 16.3. The number of carbonyl (C=O) groups is 1. The number of nitrogens with one attached hydrogen (secondary N) is 1. The van der Waals surface area contributed by atoms with Gasteiger partial charge in [0, 0.05) is 16.3 Å². The molecule has 3 N–H and O–H groups in total. The highest BCUT2D eigenvalue weighted by Crippen LogP contribution is 2.33. The van der Waals surface area contributed by atoms with E-state index in [1.165, 1.54) is 20.3 Å². The lowest BCUT2D eigenvalue weighted by atomic mass is 10.1. The molecule has 0 spiro atoms. The van der Waals surface area contributed by atoms with E-state index in [2.05, 4.69) is 0 Å². The Labute approximate surface area is 181 Å². The molecule has 0 radical (unpaired) electrons. The second-order valence-electron chi connectivity index (χ2n) is 6.72. The average Bonchev–Trinajstić information content (AvgIpc) is 2.77. The molecule has 0 unspecified atom stereocenters. The van der Waals surface area contributed by atoms with E-state index in [4.69, 9.17) is 25.4 Å². The minimum Gasteiger partial charge on any atom is -0.493 e. The molecule has 1 aromatic heterocycles. The number of carbonyl (C=O) groups excluding carboxylic acids is 1. The summed E-state index contributed by atoms with van der Waals surface area (Å²) in [6.07, 6.45) is 0. The second-order valence-corrected chi connectivity index (χ2v) is 7.73. The van der Waals surface area contributed by atoms with Crippen molar-refractivity contribution in [1.82, 2.24) is 0 Å². The zero-order valence-electron chi connectivity index (χ0n) is 16.7. The topological polar surface area (TPSA) is 112 Å². The molecule has 0 saturated carbocycles. The summed E-state index contributed by atoms with van der Waals surface area (Å²) in [6.45, 7) is 0. The first-order valence-electron chi connectivity index (χ1n) is 9.20. The predicted octanol–water partition coefficient (Wildman–Crippen LogP) is 3.94. The van der Waals surface area contributed by atoms with E-state index in [-0.39, 0.29) is 11.4 Å². The quantitative estimate of drug-likeness (QED) is 0.213. The molecule has 0 atom stereocenters. The summed E-state index contributed by atoms with van der Waals surface area (Å²) in [5.74, 6) is 0.555. The smallest absolute Gasteiger partial charge is 0.348 e. The van der Waals surface area contributed by atoms with Crippen molar-refractivity contribution in [3.8, 4) is 17.2 Å². The van der Waals surface area contributed by atoms with Crippen LogP contribution >= 0.6 is 11.3 Å². The molecular weight excluding hydrogens is 416 g/mol. The largest absolute Gasteiger partial charge is 0.493 e. The van der Waals surface area contributed by atoms with E-state index >= 15 is 0 Å². The first kappa shape index (κ1) is 20.4. The Morgan fingerprint density at radius 1 is 0.903 bits per heavy atom. The van der Waals surface area contributed by atoms with E-state index in [1.807, 2.05) is 0 Å². The van der Waals surface area contributed by atoms with Crippen molar-refractivity contribution in [2.24, 2.45) is 5.73 Å². The van der Waals surface area contributed by atoms with Crippen LogP contribution in [-0.2, 0) is 0 Å². The summed E-state index contributed by atoms with van der Waals surface area (Å²) >= 11 is 0.939. The fraction of sp³-hybridized carbons (Fsp3) is 0.0870. The molecule has 4 rings (SSSR count). The number of hydrogen-bond acceptors (Lipinski definition) is 7. The van der Waals surface area contributed by atoms with Gasteiger partial charge in [-0.1, -0.05) is 29.5 Å². The van der Waals surface area contributed by atoms with Crippen molar-refractivity contribution >= 4 is 44.0 Å².